The monoisotopic (exact) mass is 403 g/mol. The van der Waals surface area contributed by atoms with Crippen LogP contribution in [0.15, 0.2) is 36.5 Å². The molecule has 0 aliphatic carbocycles. The van der Waals surface area contributed by atoms with Gasteiger partial charge in [0.1, 0.15) is 10.5 Å². The maximum atomic E-state index is 12.7. The van der Waals surface area contributed by atoms with Crippen LogP contribution in [0.4, 0.5) is 0 Å². The second kappa shape index (κ2) is 6.73. The van der Waals surface area contributed by atoms with Crippen LogP contribution in [0.5, 0.6) is 11.8 Å². The number of aromatic nitrogens is 2. The van der Waals surface area contributed by atoms with E-state index < -0.39 is 14.6 Å². The quantitative estimate of drug-likeness (QED) is 0.817. The highest BCUT2D eigenvalue weighted by atomic mass is 32.2. The normalized spacial score (nSPS) is 22.0. The lowest BCUT2D eigenvalue weighted by Gasteiger charge is -2.49. The first-order valence-corrected chi connectivity index (χ1v) is 10.7. The Morgan fingerprint density at radius 3 is 2.86 bits per heavy atom. The smallest absolute Gasteiger partial charge is 0.316 e. The van der Waals surface area contributed by atoms with Gasteiger partial charge in [-0.1, -0.05) is 6.07 Å². The number of aromatic hydroxyl groups is 1. The molecule has 2 aliphatic rings. The van der Waals surface area contributed by atoms with Gasteiger partial charge < -0.3 is 14.7 Å². The maximum Gasteiger partial charge on any atom is 0.316 e. The first-order valence-electron chi connectivity index (χ1n) is 9.04. The van der Waals surface area contributed by atoms with Gasteiger partial charge in [-0.2, -0.15) is 0 Å². The van der Waals surface area contributed by atoms with Crippen molar-refractivity contribution >= 4 is 15.7 Å². The third kappa shape index (κ3) is 3.09. The van der Waals surface area contributed by atoms with Crippen molar-refractivity contribution in [3.05, 3.63) is 47.8 Å². The molecule has 0 radical (unpaired) electrons. The van der Waals surface area contributed by atoms with Crippen molar-refractivity contribution in [3.8, 4) is 11.8 Å². The Morgan fingerprint density at radius 1 is 1.36 bits per heavy atom. The average molecular weight is 403 g/mol. The number of phenolic OH excluding ortho intramolecular Hbond substituents is 1. The fraction of sp³-hybridized carbons (Fsp3) is 0.421. The molecule has 1 atom stereocenters. The number of benzene rings is 1. The zero-order valence-corrected chi connectivity index (χ0v) is 16.2. The van der Waals surface area contributed by atoms with Crippen LogP contribution in [0.3, 0.4) is 0 Å². The summed E-state index contributed by atoms with van der Waals surface area (Å²) in [6.07, 6.45) is 2.08. The van der Waals surface area contributed by atoms with E-state index in [-0.39, 0.29) is 49.0 Å². The van der Waals surface area contributed by atoms with Gasteiger partial charge in [-0.15, -0.1) is 0 Å². The van der Waals surface area contributed by atoms with Crippen LogP contribution >= 0.6 is 0 Å². The van der Waals surface area contributed by atoms with Gasteiger partial charge in [-0.05, 0) is 37.6 Å². The number of phenols is 1. The predicted molar refractivity (Wildman–Crippen MR) is 101 cm³/mol. The molecular formula is C19H21N3O5S. The van der Waals surface area contributed by atoms with Crippen LogP contribution in [0, 0.1) is 12.8 Å². The fourth-order valence-electron chi connectivity index (χ4n) is 3.94. The largest absolute Gasteiger partial charge is 0.508 e. The molecule has 3 heterocycles. The van der Waals surface area contributed by atoms with E-state index in [0.29, 0.717) is 12.0 Å². The fourth-order valence-corrected chi connectivity index (χ4v) is 6.34. The van der Waals surface area contributed by atoms with Gasteiger partial charge in [0.15, 0.2) is 9.84 Å². The molecule has 1 amide bonds. The number of sulfone groups is 1. The van der Waals surface area contributed by atoms with Crippen LogP contribution in [0.25, 0.3) is 0 Å². The van der Waals surface area contributed by atoms with E-state index in [1.807, 2.05) is 6.92 Å². The number of carbonyl (C=O) groups excluding carboxylic acids is 1. The van der Waals surface area contributed by atoms with Gasteiger partial charge in [0.2, 0.25) is 0 Å². The standard InChI is InChI=1S/C19H21N3O5S/c1-13-5-7-20-18(21-13)27-10-15-6-8-28(25,26)19(15)11-22(12-19)17(24)14-3-2-4-16(23)9-14/h2-5,7,9,15,23H,6,8,10-12H2,1H3/t15-/m0/s1. The van der Waals surface area contributed by atoms with Gasteiger partial charge in [-0.3, -0.25) is 4.79 Å². The minimum atomic E-state index is -3.33. The molecule has 1 spiro atoms. The average Bonchev–Trinajstić information content (AvgIpc) is 2.88. The molecule has 9 heteroatoms. The number of aryl methyl sites for hydroxylation is 1. The SMILES string of the molecule is Cc1ccnc(OC[C@@H]2CCS(=O)(=O)C23CN(C(=O)c2cccc(O)c2)C3)n1. The van der Waals surface area contributed by atoms with E-state index in [2.05, 4.69) is 9.97 Å². The number of ether oxygens (including phenoxy) is 1. The van der Waals surface area contributed by atoms with Gasteiger partial charge in [0, 0.05) is 36.5 Å². The molecule has 2 aliphatic heterocycles. The lowest BCUT2D eigenvalue weighted by molar-refractivity contribution is 0.0403. The molecule has 0 saturated carbocycles. The molecule has 1 aromatic heterocycles. The molecule has 2 aromatic rings. The van der Waals surface area contributed by atoms with E-state index in [4.69, 9.17) is 4.74 Å². The van der Waals surface area contributed by atoms with E-state index in [0.717, 1.165) is 5.69 Å². The lowest BCUT2D eigenvalue weighted by atomic mass is 9.83. The van der Waals surface area contributed by atoms with Crippen LogP contribution in [-0.4, -0.2) is 64.5 Å². The van der Waals surface area contributed by atoms with Crippen LogP contribution in [0.2, 0.25) is 0 Å². The number of hydrogen-bond acceptors (Lipinski definition) is 7. The first-order chi connectivity index (χ1) is 13.3. The Hall–Kier alpha value is -2.68. The molecule has 1 aromatic carbocycles. The molecule has 1 N–H and O–H groups in total. The summed E-state index contributed by atoms with van der Waals surface area (Å²) in [5.74, 6) is -0.428. The highest BCUT2D eigenvalue weighted by Gasteiger charge is 2.62. The van der Waals surface area contributed by atoms with Crippen molar-refractivity contribution in [3.63, 3.8) is 0 Å². The Bertz CT molecular complexity index is 1020. The minimum Gasteiger partial charge on any atom is -0.508 e. The lowest BCUT2D eigenvalue weighted by Crippen LogP contribution is -2.68. The Labute approximate surface area is 163 Å². The summed E-state index contributed by atoms with van der Waals surface area (Å²) >= 11 is 0. The first kappa shape index (κ1) is 18.7. The highest BCUT2D eigenvalue weighted by Crippen LogP contribution is 2.45. The number of rotatable bonds is 4. The zero-order chi connectivity index (χ0) is 19.9. The second-order valence-electron chi connectivity index (χ2n) is 7.37. The Balaban J connectivity index is 1.48. The number of hydrogen-bond donors (Lipinski definition) is 1. The molecular weight excluding hydrogens is 382 g/mol. The summed E-state index contributed by atoms with van der Waals surface area (Å²) in [6, 6.07) is 8.04. The number of nitrogens with zero attached hydrogens (tertiary/aromatic N) is 3. The summed E-state index contributed by atoms with van der Waals surface area (Å²) in [6.45, 7) is 2.28. The van der Waals surface area contributed by atoms with Crippen molar-refractivity contribution in [2.24, 2.45) is 5.92 Å². The van der Waals surface area contributed by atoms with Crippen LogP contribution < -0.4 is 4.74 Å². The third-order valence-corrected chi connectivity index (χ3v) is 8.19. The summed E-state index contributed by atoms with van der Waals surface area (Å²) in [4.78, 5) is 22.4. The van der Waals surface area contributed by atoms with Crippen LogP contribution in [0.1, 0.15) is 22.5 Å². The van der Waals surface area contributed by atoms with Crippen molar-refractivity contribution in [2.75, 3.05) is 25.4 Å². The summed E-state index contributed by atoms with van der Waals surface area (Å²) in [7, 11) is -3.33. The van der Waals surface area contributed by atoms with E-state index >= 15 is 0 Å². The maximum absolute atomic E-state index is 12.7. The van der Waals surface area contributed by atoms with Gasteiger partial charge in [0.05, 0.1) is 12.4 Å². The van der Waals surface area contributed by atoms with Crippen molar-refractivity contribution in [2.45, 2.75) is 18.1 Å². The van der Waals surface area contributed by atoms with Crippen molar-refractivity contribution < 1.29 is 23.1 Å². The minimum absolute atomic E-state index is 0.000921. The summed E-state index contributed by atoms with van der Waals surface area (Å²) in [5, 5.41) is 9.57. The van der Waals surface area contributed by atoms with Crippen molar-refractivity contribution in [1.29, 1.82) is 0 Å². The second-order valence-corrected chi connectivity index (χ2v) is 9.82. The van der Waals surface area contributed by atoms with Gasteiger partial charge in [-0.25, -0.2) is 18.4 Å². The third-order valence-electron chi connectivity index (χ3n) is 5.58. The zero-order valence-electron chi connectivity index (χ0n) is 15.4. The molecule has 0 bridgehead atoms. The highest BCUT2D eigenvalue weighted by molar-refractivity contribution is 7.93. The van der Waals surface area contributed by atoms with E-state index in [1.54, 1.807) is 24.4 Å². The predicted octanol–water partition coefficient (Wildman–Crippen LogP) is 1.20. The molecule has 0 unspecified atom stereocenters. The molecule has 2 fully saturated rings. The molecule has 148 valence electrons. The van der Waals surface area contributed by atoms with Crippen molar-refractivity contribution in [1.82, 2.24) is 14.9 Å². The van der Waals surface area contributed by atoms with Gasteiger partial charge in [0.25, 0.3) is 5.91 Å². The Morgan fingerprint density at radius 2 is 2.14 bits per heavy atom. The summed E-state index contributed by atoms with van der Waals surface area (Å²) in [5.41, 5.74) is 1.11. The van der Waals surface area contributed by atoms with Gasteiger partial charge >= 0.3 is 6.01 Å². The van der Waals surface area contributed by atoms with E-state index in [1.165, 1.54) is 17.0 Å². The molecule has 2 saturated heterocycles. The molecule has 4 rings (SSSR count). The van der Waals surface area contributed by atoms with E-state index in [9.17, 15) is 18.3 Å². The summed E-state index contributed by atoms with van der Waals surface area (Å²) < 4.78 is 30.2. The molecule has 8 nitrogen and oxygen atoms in total. The number of carbonyl (C=O) groups is 1. The van der Waals surface area contributed by atoms with Crippen LogP contribution in [-0.2, 0) is 9.84 Å². The molecule has 28 heavy (non-hydrogen) atoms. The Kier molecular flexibility index (Phi) is 4.49. The topological polar surface area (TPSA) is 110 Å². The number of likely N-dealkylation sites (tertiary alicyclic amines) is 1. The number of amides is 1.